The first-order valence-electron chi connectivity index (χ1n) is 6.80. The van der Waals surface area contributed by atoms with Gasteiger partial charge in [-0.25, -0.2) is 0 Å². The third kappa shape index (κ3) is 3.52. The molecule has 126 valence electrons. The molecule has 4 atom stereocenters. The molecule has 1 aromatic rings. The van der Waals surface area contributed by atoms with Crippen LogP contribution in [0.2, 0.25) is 0 Å². The van der Waals surface area contributed by atoms with Crippen molar-refractivity contribution in [1.29, 1.82) is 0 Å². The van der Waals surface area contributed by atoms with Crippen molar-refractivity contribution in [3.05, 3.63) is 23.8 Å². The van der Waals surface area contributed by atoms with Crippen molar-refractivity contribution in [1.82, 2.24) is 5.32 Å². The largest absolute Gasteiger partial charge is 0.507 e. The first-order chi connectivity index (χ1) is 11.0. The number of nitrogens with one attached hydrogen (secondary N) is 1. The van der Waals surface area contributed by atoms with Gasteiger partial charge in [-0.15, -0.1) is 0 Å². The molecular weight excluding hydrogens is 310 g/mol. The zero-order valence-electron chi connectivity index (χ0n) is 12.0. The number of aliphatic hydroxyl groups excluding tert-OH is 1. The number of ether oxygens (including phenoxy) is 2. The Morgan fingerprint density at radius 2 is 1.74 bits per heavy atom. The third-order valence-corrected chi connectivity index (χ3v) is 3.59. The Labute approximate surface area is 131 Å². The maximum Gasteiger partial charge on any atom is 0.290 e. The number of phenolic OH excluding ortho intramolecular Hbond substituents is 2. The molecule has 1 aromatic carbocycles. The Morgan fingerprint density at radius 3 is 2.35 bits per heavy atom. The van der Waals surface area contributed by atoms with Crippen LogP contribution in [0.25, 0.3) is 0 Å². The highest BCUT2D eigenvalue weighted by Gasteiger charge is 2.47. The molecule has 2 aliphatic rings. The number of carboxylic acid groups (broad SMARTS) is 1. The smallest absolute Gasteiger partial charge is 0.290 e. The standard InChI is InChI=1S/C13H15NO6.CH2O2/c15-7-2-1-3-8(16)10(7)13(18)14-6-4-19-12-9(17)5-20-11(6)12;2-1-3/h1-3,6,9,11-12,15-17H,4-5H2,(H,14,18);1H,(H,2,3)/t6-,9+,11+,12+;/m0./s1. The number of aliphatic hydroxyl groups is 1. The summed E-state index contributed by atoms with van der Waals surface area (Å²) in [6.45, 7) is 0.135. The predicted octanol–water partition coefficient (Wildman–Crippen LogP) is -0.945. The molecule has 0 aliphatic carbocycles. The van der Waals surface area contributed by atoms with E-state index in [-0.39, 0.29) is 36.7 Å². The number of amides is 1. The van der Waals surface area contributed by atoms with Gasteiger partial charge in [-0.05, 0) is 12.1 Å². The van der Waals surface area contributed by atoms with Crippen molar-refractivity contribution in [3.8, 4) is 11.5 Å². The highest BCUT2D eigenvalue weighted by Crippen LogP contribution is 2.29. The van der Waals surface area contributed by atoms with Crippen LogP contribution in [-0.2, 0) is 14.3 Å². The van der Waals surface area contributed by atoms with Gasteiger partial charge in [0.2, 0.25) is 0 Å². The molecule has 0 bridgehead atoms. The first-order valence-corrected chi connectivity index (χ1v) is 6.80. The van der Waals surface area contributed by atoms with Crippen LogP contribution in [0.4, 0.5) is 0 Å². The minimum absolute atomic E-state index is 0.170. The Kier molecular flexibility index (Phi) is 5.37. The topological polar surface area (TPSA) is 146 Å². The molecule has 2 fully saturated rings. The summed E-state index contributed by atoms with van der Waals surface area (Å²) >= 11 is 0. The Hall–Kier alpha value is -2.36. The van der Waals surface area contributed by atoms with Gasteiger partial charge in [-0.1, -0.05) is 6.07 Å². The predicted molar refractivity (Wildman–Crippen MR) is 75.2 cm³/mol. The molecule has 0 aromatic heterocycles. The average Bonchev–Trinajstić information content (AvgIpc) is 3.04. The lowest BCUT2D eigenvalue weighted by Gasteiger charge is -2.18. The summed E-state index contributed by atoms with van der Waals surface area (Å²) in [6, 6.07) is 3.65. The number of carbonyl (C=O) groups is 2. The lowest BCUT2D eigenvalue weighted by molar-refractivity contribution is -0.122. The summed E-state index contributed by atoms with van der Waals surface area (Å²) in [6.07, 6.45) is -1.55. The highest BCUT2D eigenvalue weighted by molar-refractivity contribution is 5.99. The number of carbonyl (C=O) groups excluding carboxylic acids is 1. The van der Waals surface area contributed by atoms with E-state index in [4.69, 9.17) is 19.4 Å². The molecule has 0 unspecified atom stereocenters. The average molecular weight is 327 g/mol. The van der Waals surface area contributed by atoms with Crippen molar-refractivity contribution < 1.29 is 39.5 Å². The summed E-state index contributed by atoms with van der Waals surface area (Å²) in [5.41, 5.74) is -0.186. The Balaban J connectivity index is 0.000000595. The zero-order chi connectivity index (χ0) is 17.0. The fourth-order valence-electron chi connectivity index (χ4n) is 2.60. The maximum absolute atomic E-state index is 12.1. The van der Waals surface area contributed by atoms with Crippen LogP contribution in [0.1, 0.15) is 10.4 Å². The second kappa shape index (κ2) is 7.27. The molecule has 0 radical (unpaired) electrons. The van der Waals surface area contributed by atoms with E-state index in [1.165, 1.54) is 18.2 Å². The zero-order valence-corrected chi connectivity index (χ0v) is 12.0. The quantitative estimate of drug-likeness (QED) is 0.437. The van der Waals surface area contributed by atoms with Crippen LogP contribution in [0, 0.1) is 0 Å². The van der Waals surface area contributed by atoms with Gasteiger partial charge in [0.05, 0.1) is 19.3 Å². The molecule has 2 aliphatic heterocycles. The van der Waals surface area contributed by atoms with Gasteiger partial charge in [0.25, 0.3) is 12.4 Å². The molecule has 9 heteroatoms. The number of phenols is 2. The molecule has 3 rings (SSSR count). The number of hydrogen-bond donors (Lipinski definition) is 5. The summed E-state index contributed by atoms with van der Waals surface area (Å²) < 4.78 is 10.8. The van der Waals surface area contributed by atoms with Gasteiger partial charge in [0.1, 0.15) is 35.4 Å². The summed E-state index contributed by atoms with van der Waals surface area (Å²) in [5, 5.41) is 38.4. The van der Waals surface area contributed by atoms with E-state index in [1.807, 2.05) is 0 Å². The van der Waals surface area contributed by atoms with E-state index in [2.05, 4.69) is 5.32 Å². The van der Waals surface area contributed by atoms with E-state index in [0.29, 0.717) is 0 Å². The molecular formula is C14H17NO8. The Morgan fingerprint density at radius 1 is 1.17 bits per heavy atom. The van der Waals surface area contributed by atoms with Gasteiger partial charge in [0, 0.05) is 0 Å². The molecule has 23 heavy (non-hydrogen) atoms. The van der Waals surface area contributed by atoms with Crippen LogP contribution < -0.4 is 5.32 Å². The van der Waals surface area contributed by atoms with Crippen LogP contribution in [0.3, 0.4) is 0 Å². The normalized spacial score (nSPS) is 28.4. The van der Waals surface area contributed by atoms with E-state index >= 15 is 0 Å². The number of aromatic hydroxyl groups is 2. The molecule has 2 saturated heterocycles. The molecule has 0 spiro atoms. The fraction of sp³-hybridized carbons (Fsp3) is 0.429. The third-order valence-electron chi connectivity index (χ3n) is 3.59. The molecule has 0 saturated carbocycles. The fourth-order valence-corrected chi connectivity index (χ4v) is 2.60. The van der Waals surface area contributed by atoms with E-state index < -0.39 is 30.3 Å². The van der Waals surface area contributed by atoms with Crippen molar-refractivity contribution in [2.45, 2.75) is 24.4 Å². The van der Waals surface area contributed by atoms with E-state index in [9.17, 15) is 20.1 Å². The lowest BCUT2D eigenvalue weighted by atomic mass is 10.1. The number of benzene rings is 1. The molecule has 2 heterocycles. The summed E-state index contributed by atoms with van der Waals surface area (Å²) in [4.78, 5) is 20.5. The summed E-state index contributed by atoms with van der Waals surface area (Å²) in [7, 11) is 0. The van der Waals surface area contributed by atoms with Crippen LogP contribution in [0.5, 0.6) is 11.5 Å². The van der Waals surface area contributed by atoms with E-state index in [0.717, 1.165) is 0 Å². The van der Waals surface area contributed by atoms with Crippen LogP contribution in [0.15, 0.2) is 18.2 Å². The monoisotopic (exact) mass is 327 g/mol. The van der Waals surface area contributed by atoms with Crippen molar-refractivity contribution in [2.24, 2.45) is 0 Å². The minimum Gasteiger partial charge on any atom is -0.507 e. The minimum atomic E-state index is -0.694. The SMILES string of the molecule is O=C(N[C@H]1CO[C@H]2[C@@H]1OC[C@H]2O)c1c(O)cccc1O.O=CO. The number of hydrogen-bond acceptors (Lipinski definition) is 7. The molecule has 9 nitrogen and oxygen atoms in total. The van der Waals surface area contributed by atoms with E-state index in [1.54, 1.807) is 0 Å². The second-order valence-corrected chi connectivity index (χ2v) is 5.02. The van der Waals surface area contributed by atoms with Gasteiger partial charge in [-0.3, -0.25) is 9.59 Å². The second-order valence-electron chi connectivity index (χ2n) is 5.02. The van der Waals surface area contributed by atoms with Crippen LogP contribution >= 0.6 is 0 Å². The highest BCUT2D eigenvalue weighted by atomic mass is 16.6. The van der Waals surface area contributed by atoms with Crippen molar-refractivity contribution in [3.63, 3.8) is 0 Å². The van der Waals surface area contributed by atoms with Crippen molar-refractivity contribution in [2.75, 3.05) is 13.2 Å². The van der Waals surface area contributed by atoms with Crippen LogP contribution in [-0.4, -0.2) is 70.4 Å². The van der Waals surface area contributed by atoms with Crippen molar-refractivity contribution >= 4 is 12.4 Å². The number of rotatable bonds is 2. The molecule has 1 amide bonds. The lowest BCUT2D eigenvalue weighted by Crippen LogP contribution is -2.44. The van der Waals surface area contributed by atoms with Gasteiger partial charge in [0.15, 0.2) is 0 Å². The maximum atomic E-state index is 12.1. The van der Waals surface area contributed by atoms with Gasteiger partial charge < -0.3 is 35.2 Å². The van der Waals surface area contributed by atoms with Gasteiger partial charge >= 0.3 is 0 Å². The molecule has 5 N–H and O–H groups in total. The Bertz CT molecular complexity index is 558. The summed E-state index contributed by atoms with van der Waals surface area (Å²) in [5.74, 6) is -1.21. The number of fused-ring (bicyclic) bond motifs is 1. The first kappa shape index (κ1) is 17.0. The van der Waals surface area contributed by atoms with Gasteiger partial charge in [-0.2, -0.15) is 0 Å².